The Kier molecular flexibility index (Phi) is 5.58. The zero-order valence-electron chi connectivity index (χ0n) is 15.5. The fourth-order valence-electron chi connectivity index (χ4n) is 2.67. The first-order valence-corrected chi connectivity index (χ1v) is 10.0. The third-order valence-electron chi connectivity index (χ3n) is 4.00. The molecule has 0 aliphatic heterocycles. The highest BCUT2D eigenvalue weighted by Crippen LogP contribution is 2.26. The average molecular weight is 403 g/mol. The molecule has 0 radical (unpaired) electrons. The second kappa shape index (κ2) is 8.62. The Morgan fingerprint density at radius 2 is 1.86 bits per heavy atom. The molecule has 1 N–H and O–H groups in total. The Labute approximate surface area is 172 Å². The lowest BCUT2D eigenvalue weighted by atomic mass is 10.1. The molecule has 4 aromatic rings. The van der Waals surface area contributed by atoms with Gasteiger partial charge in [0.25, 0.3) is 0 Å². The molecule has 7 heteroatoms. The molecule has 4 rings (SSSR count). The van der Waals surface area contributed by atoms with Crippen molar-refractivity contribution in [3.8, 4) is 17.0 Å². The molecule has 0 aliphatic rings. The van der Waals surface area contributed by atoms with E-state index in [1.165, 1.54) is 18.0 Å². The molecule has 0 aliphatic carbocycles. The van der Waals surface area contributed by atoms with Gasteiger partial charge in [-0.3, -0.25) is 0 Å². The number of furan rings is 1. The zero-order valence-corrected chi connectivity index (χ0v) is 16.3. The Balaban J connectivity index is 1.57. The summed E-state index contributed by atoms with van der Waals surface area (Å²) in [4.78, 5) is 21.2. The second-order valence-electron chi connectivity index (χ2n) is 6.01. The van der Waals surface area contributed by atoms with E-state index in [1.807, 2.05) is 48.7 Å². The monoisotopic (exact) mass is 403 g/mol. The minimum Gasteiger partial charge on any atom is -0.457 e. The van der Waals surface area contributed by atoms with Gasteiger partial charge in [0.1, 0.15) is 11.6 Å². The number of anilines is 2. The van der Waals surface area contributed by atoms with Crippen molar-refractivity contribution in [2.45, 2.75) is 5.16 Å². The third kappa shape index (κ3) is 4.64. The topological polar surface area (TPSA) is 77.3 Å². The number of ether oxygens (including phenoxy) is 1. The van der Waals surface area contributed by atoms with Gasteiger partial charge in [-0.15, -0.1) is 0 Å². The molecule has 2 aromatic carbocycles. The van der Waals surface area contributed by atoms with Crippen LogP contribution in [0, 0.1) is 0 Å². The highest BCUT2D eigenvalue weighted by Gasteiger charge is 2.12. The smallest absolute Gasteiger partial charge is 0.379 e. The fourth-order valence-corrected chi connectivity index (χ4v) is 3.05. The molecule has 0 amide bonds. The van der Waals surface area contributed by atoms with Gasteiger partial charge in [0, 0.05) is 23.4 Å². The first kappa shape index (κ1) is 18.8. The highest BCUT2D eigenvalue weighted by molar-refractivity contribution is 7.98. The standard InChI is InChI=1S/C22H17N3O3S/c1-29-22-24-18(15-7-3-2-4-8-15)14-20(25-22)23-16-9-5-10-17(13-16)28-21(26)19-11-6-12-27-19/h2-14H,1H3,(H,23,24,25). The van der Waals surface area contributed by atoms with Gasteiger partial charge in [0.05, 0.1) is 12.0 Å². The van der Waals surface area contributed by atoms with Crippen molar-refractivity contribution in [3.05, 3.63) is 84.8 Å². The van der Waals surface area contributed by atoms with Crippen LogP contribution in [0.2, 0.25) is 0 Å². The first-order valence-electron chi connectivity index (χ1n) is 8.82. The Morgan fingerprint density at radius 1 is 1.00 bits per heavy atom. The molecular formula is C22H17N3O3S. The number of esters is 1. The summed E-state index contributed by atoms with van der Waals surface area (Å²) < 4.78 is 10.4. The highest BCUT2D eigenvalue weighted by atomic mass is 32.2. The van der Waals surface area contributed by atoms with E-state index in [9.17, 15) is 4.79 Å². The third-order valence-corrected chi connectivity index (χ3v) is 4.54. The number of carbonyl (C=O) groups excluding carboxylic acids is 1. The number of carbonyl (C=O) groups is 1. The number of hydrogen-bond acceptors (Lipinski definition) is 7. The van der Waals surface area contributed by atoms with Crippen molar-refractivity contribution in [1.82, 2.24) is 9.97 Å². The molecule has 0 spiro atoms. The van der Waals surface area contributed by atoms with Gasteiger partial charge in [-0.1, -0.05) is 48.2 Å². The summed E-state index contributed by atoms with van der Waals surface area (Å²) in [6.07, 6.45) is 3.36. The molecule has 0 bridgehead atoms. The van der Waals surface area contributed by atoms with E-state index in [1.54, 1.807) is 30.3 Å². The van der Waals surface area contributed by atoms with Crippen molar-refractivity contribution in [1.29, 1.82) is 0 Å². The van der Waals surface area contributed by atoms with Crippen LogP contribution in [0.25, 0.3) is 11.3 Å². The van der Waals surface area contributed by atoms with Gasteiger partial charge in [-0.2, -0.15) is 0 Å². The maximum Gasteiger partial charge on any atom is 0.379 e. The van der Waals surface area contributed by atoms with Crippen molar-refractivity contribution >= 4 is 29.2 Å². The second-order valence-corrected chi connectivity index (χ2v) is 6.78. The number of thioether (sulfide) groups is 1. The van der Waals surface area contributed by atoms with Crippen LogP contribution in [0.5, 0.6) is 5.75 Å². The lowest BCUT2D eigenvalue weighted by Crippen LogP contribution is -2.07. The number of hydrogen-bond donors (Lipinski definition) is 1. The summed E-state index contributed by atoms with van der Waals surface area (Å²) in [5.74, 6) is 0.651. The summed E-state index contributed by atoms with van der Waals surface area (Å²) >= 11 is 1.47. The molecule has 29 heavy (non-hydrogen) atoms. The van der Waals surface area contributed by atoms with Crippen LogP contribution in [0.3, 0.4) is 0 Å². The SMILES string of the molecule is CSc1nc(Nc2cccc(OC(=O)c3ccco3)c2)cc(-c2ccccc2)n1. The van der Waals surface area contributed by atoms with Crippen LogP contribution >= 0.6 is 11.8 Å². The first-order chi connectivity index (χ1) is 14.2. The summed E-state index contributed by atoms with van der Waals surface area (Å²) in [7, 11) is 0. The Morgan fingerprint density at radius 3 is 2.62 bits per heavy atom. The van der Waals surface area contributed by atoms with Gasteiger partial charge in [0.15, 0.2) is 5.16 Å². The normalized spacial score (nSPS) is 10.5. The van der Waals surface area contributed by atoms with Crippen molar-refractivity contribution in [2.75, 3.05) is 11.6 Å². The van der Waals surface area contributed by atoms with E-state index >= 15 is 0 Å². The van der Waals surface area contributed by atoms with E-state index in [-0.39, 0.29) is 5.76 Å². The quantitative estimate of drug-likeness (QED) is 0.199. The van der Waals surface area contributed by atoms with Crippen LogP contribution in [-0.4, -0.2) is 22.2 Å². The number of benzene rings is 2. The Bertz CT molecular complexity index is 1120. The number of nitrogens with one attached hydrogen (secondary N) is 1. The summed E-state index contributed by atoms with van der Waals surface area (Å²) in [5, 5.41) is 3.92. The van der Waals surface area contributed by atoms with Crippen LogP contribution in [0.15, 0.2) is 88.6 Å². The van der Waals surface area contributed by atoms with Gasteiger partial charge in [0.2, 0.25) is 5.76 Å². The van der Waals surface area contributed by atoms with Gasteiger partial charge >= 0.3 is 5.97 Å². The van der Waals surface area contributed by atoms with Crippen molar-refractivity contribution in [2.24, 2.45) is 0 Å². The molecule has 2 aromatic heterocycles. The van der Waals surface area contributed by atoms with E-state index < -0.39 is 5.97 Å². The molecule has 0 saturated carbocycles. The fraction of sp³-hybridized carbons (Fsp3) is 0.0455. The zero-order chi connectivity index (χ0) is 20.1. The van der Waals surface area contributed by atoms with Gasteiger partial charge in [-0.25, -0.2) is 14.8 Å². The van der Waals surface area contributed by atoms with Gasteiger partial charge in [-0.05, 0) is 30.5 Å². The number of aromatic nitrogens is 2. The van der Waals surface area contributed by atoms with Crippen LogP contribution in [0.1, 0.15) is 10.6 Å². The van der Waals surface area contributed by atoms with Crippen molar-refractivity contribution in [3.63, 3.8) is 0 Å². The predicted octanol–water partition coefficient (Wildman–Crippen LogP) is 5.42. The van der Waals surface area contributed by atoms with E-state index in [2.05, 4.69) is 15.3 Å². The average Bonchev–Trinajstić information content (AvgIpc) is 3.29. The molecule has 2 heterocycles. The van der Waals surface area contributed by atoms with E-state index in [4.69, 9.17) is 9.15 Å². The molecule has 0 atom stereocenters. The summed E-state index contributed by atoms with van der Waals surface area (Å²) in [6.45, 7) is 0. The molecular weight excluding hydrogens is 386 g/mol. The van der Waals surface area contributed by atoms with Gasteiger partial charge < -0.3 is 14.5 Å². The largest absolute Gasteiger partial charge is 0.457 e. The molecule has 6 nitrogen and oxygen atoms in total. The predicted molar refractivity (Wildman–Crippen MR) is 113 cm³/mol. The van der Waals surface area contributed by atoms with E-state index in [0.717, 1.165) is 16.9 Å². The maximum absolute atomic E-state index is 12.1. The number of nitrogens with zero attached hydrogens (tertiary/aromatic N) is 2. The molecule has 144 valence electrons. The molecule has 0 fully saturated rings. The van der Waals surface area contributed by atoms with Crippen LogP contribution in [-0.2, 0) is 0 Å². The minimum absolute atomic E-state index is 0.149. The summed E-state index contributed by atoms with van der Waals surface area (Å²) in [6, 6.07) is 22.1. The lowest BCUT2D eigenvalue weighted by molar-refractivity contribution is 0.0701. The summed E-state index contributed by atoms with van der Waals surface area (Å²) in [5.41, 5.74) is 2.57. The molecule has 0 saturated heterocycles. The molecule has 0 unspecified atom stereocenters. The van der Waals surface area contributed by atoms with Crippen molar-refractivity contribution < 1.29 is 13.9 Å². The van der Waals surface area contributed by atoms with E-state index in [0.29, 0.717) is 16.7 Å². The number of rotatable bonds is 6. The van der Waals surface area contributed by atoms with Crippen LogP contribution in [0.4, 0.5) is 11.5 Å². The maximum atomic E-state index is 12.1. The minimum atomic E-state index is -0.551. The Hall–Kier alpha value is -3.58. The van der Waals surface area contributed by atoms with Crippen LogP contribution < -0.4 is 10.1 Å². The lowest BCUT2D eigenvalue weighted by Gasteiger charge is -2.10.